The van der Waals surface area contributed by atoms with E-state index in [0.717, 1.165) is 12.1 Å². The Kier molecular flexibility index (Phi) is 6.09. The van der Waals surface area contributed by atoms with Crippen LogP contribution in [0.5, 0.6) is 0 Å². The molecule has 22 heavy (non-hydrogen) atoms. The van der Waals surface area contributed by atoms with Crippen LogP contribution in [0.25, 0.3) is 0 Å². The third-order valence-electron chi connectivity index (χ3n) is 2.98. The molecule has 0 atom stereocenters. The van der Waals surface area contributed by atoms with Crippen LogP contribution in [0.4, 0.5) is 5.82 Å². The zero-order valence-corrected chi connectivity index (χ0v) is 15.1. The third kappa shape index (κ3) is 4.13. The van der Waals surface area contributed by atoms with E-state index in [1.165, 1.54) is 0 Å². The van der Waals surface area contributed by atoms with Gasteiger partial charge < -0.3 is 5.32 Å². The molecule has 0 spiro atoms. The molecule has 0 amide bonds. The molecule has 0 fully saturated rings. The molecule has 2 aromatic rings. The highest BCUT2D eigenvalue weighted by molar-refractivity contribution is 6.42. The van der Waals surface area contributed by atoms with Gasteiger partial charge in [-0.25, -0.2) is 15.0 Å². The van der Waals surface area contributed by atoms with Crippen LogP contribution in [0.2, 0.25) is 20.2 Å². The predicted octanol–water partition coefficient (Wildman–Crippen LogP) is 5.01. The topological polar surface area (TPSA) is 50.7 Å². The van der Waals surface area contributed by atoms with E-state index in [4.69, 9.17) is 46.4 Å². The largest absolute Gasteiger partial charge is 0.368 e. The average molecular weight is 380 g/mol. The molecule has 2 heterocycles. The number of hydrogen-bond donors (Lipinski definition) is 1. The fraction of sp³-hybridized carbons (Fsp3) is 0.357. The van der Waals surface area contributed by atoms with Crippen molar-refractivity contribution in [1.29, 1.82) is 0 Å². The number of aromatic nitrogens is 3. The molecule has 0 aliphatic heterocycles. The van der Waals surface area contributed by atoms with Crippen molar-refractivity contribution in [2.45, 2.75) is 26.7 Å². The first-order valence-electron chi connectivity index (χ1n) is 6.69. The van der Waals surface area contributed by atoms with E-state index in [9.17, 15) is 0 Å². The van der Waals surface area contributed by atoms with Crippen LogP contribution < -0.4 is 5.32 Å². The van der Waals surface area contributed by atoms with Crippen molar-refractivity contribution < 1.29 is 0 Å². The lowest BCUT2D eigenvalue weighted by atomic mass is 10.2. The van der Waals surface area contributed by atoms with Crippen molar-refractivity contribution >= 4 is 52.2 Å². The second-order valence-electron chi connectivity index (χ2n) is 4.60. The summed E-state index contributed by atoms with van der Waals surface area (Å²) in [5.74, 6) is 1.29. The van der Waals surface area contributed by atoms with E-state index in [2.05, 4.69) is 20.3 Å². The first-order valence-corrected chi connectivity index (χ1v) is 8.20. The standard InChI is InChI=1S/C14H14Cl4N4/c1-3-10-12(17)14(21-7(2)20-10)19-5-4-11-8(15)6-9(16)13(18)22-11/h6H,3-5H2,1-2H3,(H,19,20,21). The van der Waals surface area contributed by atoms with Gasteiger partial charge >= 0.3 is 0 Å². The number of pyridine rings is 1. The Bertz CT molecular complexity index is 691. The van der Waals surface area contributed by atoms with E-state index < -0.39 is 0 Å². The Morgan fingerprint density at radius 2 is 1.73 bits per heavy atom. The second kappa shape index (κ2) is 7.64. The third-order valence-corrected chi connectivity index (χ3v) is 4.38. The van der Waals surface area contributed by atoms with Crippen LogP contribution in [0.3, 0.4) is 0 Å². The number of hydrogen-bond acceptors (Lipinski definition) is 4. The van der Waals surface area contributed by atoms with Crippen LogP contribution in [-0.2, 0) is 12.8 Å². The van der Waals surface area contributed by atoms with Gasteiger partial charge in [-0.15, -0.1) is 0 Å². The molecule has 2 rings (SSSR count). The van der Waals surface area contributed by atoms with Crippen molar-refractivity contribution in [2.75, 3.05) is 11.9 Å². The Morgan fingerprint density at radius 1 is 1.00 bits per heavy atom. The molecule has 118 valence electrons. The van der Waals surface area contributed by atoms with Gasteiger partial charge in [0.1, 0.15) is 21.8 Å². The predicted molar refractivity (Wildman–Crippen MR) is 92.6 cm³/mol. The SMILES string of the molecule is CCc1nc(C)nc(NCCc2nc(Cl)c(Cl)cc2Cl)c1Cl. The minimum absolute atomic E-state index is 0.241. The van der Waals surface area contributed by atoms with E-state index in [0.29, 0.717) is 45.4 Å². The summed E-state index contributed by atoms with van der Waals surface area (Å²) in [7, 11) is 0. The lowest BCUT2D eigenvalue weighted by Crippen LogP contribution is -2.10. The second-order valence-corrected chi connectivity index (χ2v) is 6.15. The highest BCUT2D eigenvalue weighted by Crippen LogP contribution is 2.27. The molecule has 0 bridgehead atoms. The molecule has 0 aliphatic rings. The lowest BCUT2D eigenvalue weighted by molar-refractivity contribution is 0.920. The Hall–Kier alpha value is -0.810. The van der Waals surface area contributed by atoms with E-state index >= 15 is 0 Å². The zero-order chi connectivity index (χ0) is 16.3. The molecular weight excluding hydrogens is 366 g/mol. The van der Waals surface area contributed by atoms with Gasteiger partial charge in [-0.1, -0.05) is 53.3 Å². The number of nitrogens with zero attached hydrogens (tertiary/aromatic N) is 3. The molecule has 4 nitrogen and oxygen atoms in total. The summed E-state index contributed by atoms with van der Waals surface area (Å²) in [6.07, 6.45) is 1.31. The highest BCUT2D eigenvalue weighted by atomic mass is 35.5. The van der Waals surface area contributed by atoms with E-state index in [-0.39, 0.29) is 5.15 Å². The summed E-state index contributed by atoms with van der Waals surface area (Å²) >= 11 is 24.1. The van der Waals surface area contributed by atoms with Gasteiger partial charge in [0, 0.05) is 13.0 Å². The van der Waals surface area contributed by atoms with Crippen LogP contribution in [0, 0.1) is 6.92 Å². The van der Waals surface area contributed by atoms with Crippen LogP contribution in [0.1, 0.15) is 24.1 Å². The minimum Gasteiger partial charge on any atom is -0.368 e. The molecule has 0 saturated carbocycles. The van der Waals surface area contributed by atoms with Crippen molar-refractivity contribution in [3.05, 3.63) is 43.5 Å². The summed E-state index contributed by atoms with van der Waals surface area (Å²) in [5.41, 5.74) is 1.49. The summed E-state index contributed by atoms with van der Waals surface area (Å²) in [6.45, 7) is 4.39. The first-order chi connectivity index (χ1) is 10.4. The Morgan fingerprint density at radius 3 is 2.41 bits per heavy atom. The molecule has 0 unspecified atom stereocenters. The number of rotatable bonds is 5. The Balaban J connectivity index is 2.09. The van der Waals surface area contributed by atoms with Gasteiger partial charge in [0.15, 0.2) is 0 Å². The molecule has 0 radical (unpaired) electrons. The lowest BCUT2D eigenvalue weighted by Gasteiger charge is -2.11. The fourth-order valence-electron chi connectivity index (χ4n) is 1.92. The van der Waals surface area contributed by atoms with E-state index in [1.54, 1.807) is 6.07 Å². The maximum atomic E-state index is 6.27. The van der Waals surface area contributed by atoms with Crippen molar-refractivity contribution in [3.8, 4) is 0 Å². The van der Waals surface area contributed by atoms with Crippen molar-refractivity contribution in [1.82, 2.24) is 15.0 Å². The van der Waals surface area contributed by atoms with Crippen LogP contribution in [0.15, 0.2) is 6.07 Å². The minimum atomic E-state index is 0.241. The van der Waals surface area contributed by atoms with Gasteiger partial charge in [0.05, 0.1) is 21.4 Å². The number of halogens is 4. The molecular formula is C14H14Cl4N4. The number of aryl methyl sites for hydroxylation is 2. The monoisotopic (exact) mass is 378 g/mol. The van der Waals surface area contributed by atoms with Crippen molar-refractivity contribution in [3.63, 3.8) is 0 Å². The smallest absolute Gasteiger partial charge is 0.148 e. The zero-order valence-electron chi connectivity index (χ0n) is 12.1. The maximum absolute atomic E-state index is 6.27. The molecule has 0 saturated heterocycles. The highest BCUT2D eigenvalue weighted by Gasteiger charge is 2.11. The van der Waals surface area contributed by atoms with Gasteiger partial charge in [0.25, 0.3) is 0 Å². The quantitative estimate of drug-likeness (QED) is 0.741. The summed E-state index contributed by atoms with van der Waals surface area (Å²) in [4.78, 5) is 12.8. The maximum Gasteiger partial charge on any atom is 0.148 e. The fourth-order valence-corrected chi connectivity index (χ4v) is 2.82. The molecule has 0 aliphatic carbocycles. The normalized spacial score (nSPS) is 10.8. The molecule has 0 aromatic carbocycles. The molecule has 2 aromatic heterocycles. The summed E-state index contributed by atoms with van der Waals surface area (Å²) < 4.78 is 0. The number of anilines is 1. The van der Waals surface area contributed by atoms with E-state index in [1.807, 2.05) is 13.8 Å². The van der Waals surface area contributed by atoms with Gasteiger partial charge in [-0.05, 0) is 19.4 Å². The number of nitrogens with one attached hydrogen (secondary N) is 1. The van der Waals surface area contributed by atoms with Gasteiger partial charge in [-0.3, -0.25) is 0 Å². The summed E-state index contributed by atoms with van der Waals surface area (Å²) in [5, 5.41) is 4.78. The molecule has 8 heteroatoms. The first kappa shape index (κ1) is 17.5. The molecule has 1 N–H and O–H groups in total. The Labute approximate surface area is 149 Å². The summed E-state index contributed by atoms with van der Waals surface area (Å²) in [6, 6.07) is 1.59. The van der Waals surface area contributed by atoms with Crippen LogP contribution >= 0.6 is 46.4 Å². The van der Waals surface area contributed by atoms with Gasteiger partial charge in [-0.2, -0.15) is 0 Å². The van der Waals surface area contributed by atoms with Crippen molar-refractivity contribution in [2.24, 2.45) is 0 Å². The van der Waals surface area contributed by atoms with Gasteiger partial charge in [0.2, 0.25) is 0 Å². The average Bonchev–Trinajstić information content (AvgIpc) is 2.47. The van der Waals surface area contributed by atoms with Crippen LogP contribution in [-0.4, -0.2) is 21.5 Å².